The lowest BCUT2D eigenvalue weighted by atomic mass is 9.98. The number of fused-ring (bicyclic) bond motifs is 1. The minimum absolute atomic E-state index is 0.00336. The summed E-state index contributed by atoms with van der Waals surface area (Å²) in [5, 5.41) is 15.7. The molecular formula is C17H23FN6O5. The molecule has 12 heteroatoms. The van der Waals surface area contributed by atoms with E-state index in [-0.39, 0.29) is 30.5 Å². The third kappa shape index (κ3) is 3.85. The van der Waals surface area contributed by atoms with Crippen molar-refractivity contribution in [3.63, 3.8) is 0 Å². The van der Waals surface area contributed by atoms with Crippen molar-refractivity contribution in [3.05, 3.63) is 6.33 Å². The number of rotatable bonds is 6. The number of nitrogens with zero attached hydrogens (tertiary/aromatic N) is 4. The number of ether oxygens (including phenoxy) is 2. The lowest BCUT2D eigenvalue weighted by Gasteiger charge is -2.24. The van der Waals surface area contributed by atoms with E-state index in [2.05, 4.69) is 25.6 Å². The Morgan fingerprint density at radius 1 is 1.45 bits per heavy atom. The number of aromatic nitrogens is 4. The largest absolute Gasteiger partial charge is 0.463 e. The standard InChI is InChI=1S/C17H23FN6O5/c1-5-10(26)28-6-9-12(27)17(3,18)15(29-9)24-7-20-11-13(19-4)22-16(21-8(2)25)23-14(11)24/h7,9,12,15,27H,5-6H2,1-4H3,(H2,19,21,22,23,25)/t9-,12-,15-,17-/m1/s1. The van der Waals surface area contributed by atoms with Crippen LogP contribution in [0.2, 0.25) is 0 Å². The molecule has 0 unspecified atom stereocenters. The van der Waals surface area contributed by atoms with E-state index in [0.29, 0.717) is 11.3 Å². The Kier molecular flexibility index (Phi) is 5.66. The lowest BCUT2D eigenvalue weighted by molar-refractivity contribution is -0.149. The van der Waals surface area contributed by atoms with E-state index in [9.17, 15) is 14.7 Å². The summed E-state index contributed by atoms with van der Waals surface area (Å²) in [6.07, 6.45) is -2.44. The first-order valence-corrected chi connectivity index (χ1v) is 9.07. The fourth-order valence-corrected chi connectivity index (χ4v) is 3.10. The van der Waals surface area contributed by atoms with Gasteiger partial charge in [0.25, 0.3) is 0 Å². The van der Waals surface area contributed by atoms with Crippen LogP contribution in [0.4, 0.5) is 16.2 Å². The van der Waals surface area contributed by atoms with Gasteiger partial charge in [-0.2, -0.15) is 9.97 Å². The first-order valence-electron chi connectivity index (χ1n) is 9.07. The summed E-state index contributed by atoms with van der Waals surface area (Å²) in [5.41, 5.74) is -1.70. The molecule has 0 aromatic carbocycles. The predicted octanol–water partition coefficient (Wildman–Crippen LogP) is 0.766. The summed E-state index contributed by atoms with van der Waals surface area (Å²) in [6, 6.07) is 0. The fourth-order valence-electron chi connectivity index (χ4n) is 3.10. The number of esters is 1. The average molecular weight is 410 g/mol. The molecule has 1 saturated heterocycles. The van der Waals surface area contributed by atoms with E-state index in [4.69, 9.17) is 9.47 Å². The van der Waals surface area contributed by atoms with Crippen LogP contribution in [0.25, 0.3) is 11.2 Å². The highest BCUT2D eigenvalue weighted by atomic mass is 19.1. The van der Waals surface area contributed by atoms with Crippen molar-refractivity contribution in [1.29, 1.82) is 0 Å². The lowest BCUT2D eigenvalue weighted by Crippen LogP contribution is -2.41. The minimum atomic E-state index is -2.23. The van der Waals surface area contributed by atoms with Crippen LogP contribution >= 0.6 is 0 Å². The number of imidazole rings is 1. The van der Waals surface area contributed by atoms with Crippen LogP contribution in [-0.2, 0) is 19.1 Å². The van der Waals surface area contributed by atoms with Crippen LogP contribution in [0.15, 0.2) is 6.33 Å². The van der Waals surface area contributed by atoms with Crippen molar-refractivity contribution >= 4 is 34.8 Å². The number of aliphatic hydroxyl groups is 1. The molecule has 11 nitrogen and oxygen atoms in total. The van der Waals surface area contributed by atoms with Gasteiger partial charge in [-0.1, -0.05) is 6.92 Å². The van der Waals surface area contributed by atoms with Gasteiger partial charge in [-0.3, -0.25) is 19.5 Å². The zero-order chi connectivity index (χ0) is 21.3. The van der Waals surface area contributed by atoms with Crippen LogP contribution in [0.3, 0.4) is 0 Å². The molecule has 3 heterocycles. The predicted molar refractivity (Wildman–Crippen MR) is 99.9 cm³/mol. The third-order valence-electron chi connectivity index (χ3n) is 4.61. The SMILES string of the molecule is CCC(=O)OC[C@H]1O[C@@H](n2cnc3c(NC)nc(NC(C)=O)nc32)[C@](C)(F)[C@@H]1O. The van der Waals surface area contributed by atoms with Crippen LogP contribution in [0.5, 0.6) is 0 Å². The van der Waals surface area contributed by atoms with E-state index in [1.165, 1.54) is 24.7 Å². The Labute approximate surface area is 165 Å². The maximum absolute atomic E-state index is 15.4. The number of anilines is 2. The Hall–Kier alpha value is -2.86. The van der Waals surface area contributed by atoms with Gasteiger partial charge < -0.3 is 19.9 Å². The van der Waals surface area contributed by atoms with Crippen molar-refractivity contribution in [2.24, 2.45) is 0 Å². The van der Waals surface area contributed by atoms with Gasteiger partial charge in [0.05, 0.1) is 6.33 Å². The Balaban J connectivity index is 1.98. The van der Waals surface area contributed by atoms with E-state index in [1.807, 2.05) is 0 Å². The van der Waals surface area contributed by atoms with E-state index in [1.54, 1.807) is 14.0 Å². The minimum Gasteiger partial charge on any atom is -0.463 e. The van der Waals surface area contributed by atoms with Gasteiger partial charge in [0.15, 0.2) is 28.9 Å². The smallest absolute Gasteiger partial charge is 0.305 e. The molecule has 1 fully saturated rings. The zero-order valence-corrected chi connectivity index (χ0v) is 16.5. The highest BCUT2D eigenvalue weighted by Gasteiger charge is 2.55. The molecule has 0 aliphatic carbocycles. The number of halogens is 1. The molecule has 29 heavy (non-hydrogen) atoms. The van der Waals surface area contributed by atoms with Crippen molar-refractivity contribution in [3.8, 4) is 0 Å². The zero-order valence-electron chi connectivity index (χ0n) is 16.5. The Morgan fingerprint density at radius 3 is 2.79 bits per heavy atom. The van der Waals surface area contributed by atoms with Gasteiger partial charge in [-0.15, -0.1) is 0 Å². The molecule has 1 amide bonds. The molecule has 0 spiro atoms. The number of hydrogen-bond donors (Lipinski definition) is 3. The monoisotopic (exact) mass is 410 g/mol. The molecule has 0 radical (unpaired) electrons. The molecule has 2 aromatic rings. The van der Waals surface area contributed by atoms with Crippen molar-refractivity contribution in [2.45, 2.75) is 51.3 Å². The first kappa shape index (κ1) is 20.9. The molecule has 2 aromatic heterocycles. The third-order valence-corrected chi connectivity index (χ3v) is 4.61. The van der Waals surface area contributed by atoms with Gasteiger partial charge in [0.2, 0.25) is 11.9 Å². The van der Waals surface area contributed by atoms with E-state index in [0.717, 1.165) is 0 Å². The summed E-state index contributed by atoms with van der Waals surface area (Å²) in [7, 11) is 1.62. The topological polar surface area (TPSA) is 140 Å². The van der Waals surface area contributed by atoms with Crippen molar-refractivity contribution < 1.29 is 28.6 Å². The van der Waals surface area contributed by atoms with Crippen molar-refractivity contribution in [1.82, 2.24) is 19.5 Å². The highest BCUT2D eigenvalue weighted by molar-refractivity contribution is 5.90. The second kappa shape index (κ2) is 7.87. The van der Waals surface area contributed by atoms with Gasteiger partial charge >= 0.3 is 5.97 Å². The molecule has 3 rings (SSSR count). The molecule has 158 valence electrons. The van der Waals surface area contributed by atoms with Gasteiger partial charge in [-0.05, 0) is 6.92 Å². The van der Waals surface area contributed by atoms with Gasteiger partial charge in [0, 0.05) is 20.4 Å². The highest BCUT2D eigenvalue weighted by Crippen LogP contribution is 2.42. The molecule has 0 bridgehead atoms. The maximum atomic E-state index is 15.4. The fraction of sp³-hybridized carbons (Fsp3) is 0.588. The number of carbonyl (C=O) groups is 2. The first-order chi connectivity index (χ1) is 13.7. The summed E-state index contributed by atoms with van der Waals surface area (Å²) >= 11 is 0. The second-order valence-corrected chi connectivity index (χ2v) is 6.81. The molecule has 4 atom stereocenters. The number of nitrogens with one attached hydrogen (secondary N) is 2. The average Bonchev–Trinajstić information content (AvgIpc) is 3.18. The number of carbonyl (C=O) groups excluding carboxylic acids is 2. The van der Waals surface area contributed by atoms with Crippen LogP contribution in [0.1, 0.15) is 33.4 Å². The number of amides is 1. The Bertz CT molecular complexity index is 932. The summed E-state index contributed by atoms with van der Waals surface area (Å²) in [5.74, 6) is -0.531. The molecule has 1 aliphatic rings. The van der Waals surface area contributed by atoms with Crippen LogP contribution in [-0.4, -0.2) is 68.0 Å². The molecule has 1 aliphatic heterocycles. The van der Waals surface area contributed by atoms with Gasteiger partial charge in [-0.25, -0.2) is 9.37 Å². The van der Waals surface area contributed by atoms with Crippen LogP contribution < -0.4 is 10.6 Å². The summed E-state index contributed by atoms with van der Waals surface area (Å²) in [4.78, 5) is 35.4. The number of hydrogen-bond acceptors (Lipinski definition) is 9. The summed E-state index contributed by atoms with van der Waals surface area (Å²) < 4.78 is 27.4. The molecular weight excluding hydrogens is 387 g/mol. The number of alkyl halides is 1. The number of aliphatic hydroxyl groups excluding tert-OH is 1. The van der Waals surface area contributed by atoms with E-state index >= 15 is 4.39 Å². The molecule has 3 N–H and O–H groups in total. The normalized spacial score (nSPS) is 26.5. The Morgan fingerprint density at radius 2 is 2.17 bits per heavy atom. The molecule has 0 saturated carbocycles. The second-order valence-electron chi connectivity index (χ2n) is 6.81. The quantitative estimate of drug-likeness (QED) is 0.589. The van der Waals surface area contributed by atoms with Crippen molar-refractivity contribution in [2.75, 3.05) is 24.3 Å². The summed E-state index contributed by atoms with van der Waals surface area (Å²) in [6.45, 7) is 3.83. The van der Waals surface area contributed by atoms with Crippen LogP contribution in [0, 0.1) is 0 Å². The van der Waals surface area contributed by atoms with E-state index < -0.39 is 30.1 Å². The maximum Gasteiger partial charge on any atom is 0.305 e. The van der Waals surface area contributed by atoms with Gasteiger partial charge in [0.1, 0.15) is 18.8 Å².